The zero-order chi connectivity index (χ0) is 16.0. The van der Waals surface area contributed by atoms with Gasteiger partial charge in [0, 0.05) is 19.2 Å². The lowest BCUT2D eigenvalue weighted by atomic mass is 9.94. The highest BCUT2D eigenvalue weighted by Gasteiger charge is 2.18. The summed E-state index contributed by atoms with van der Waals surface area (Å²) in [6, 6.07) is 1.38. The minimum atomic E-state index is -0.875. The Bertz CT molecular complexity index is 521. The van der Waals surface area contributed by atoms with Crippen LogP contribution >= 0.6 is 23.2 Å². The summed E-state index contributed by atoms with van der Waals surface area (Å²) < 4.78 is 0. The van der Waals surface area contributed by atoms with Crippen LogP contribution in [0.15, 0.2) is 12.3 Å². The van der Waals surface area contributed by atoms with Crippen LogP contribution in [0, 0.1) is 11.8 Å². The number of aliphatic carboxylic acids is 1. The number of hydrogen-bond acceptors (Lipinski definition) is 3. The standard InChI is InChI=1S/C14H18Cl2N2O3/c1-8(2)3-9(4-13(19)20)6-18-14(21)10-5-12(16)17-7-11(10)15/h5,7-9H,3-4,6H2,1-2H3,(H,18,21)(H,19,20). The van der Waals surface area contributed by atoms with Crippen molar-refractivity contribution >= 4 is 35.1 Å². The minimum absolute atomic E-state index is 0.0172. The van der Waals surface area contributed by atoms with Crippen molar-refractivity contribution in [1.29, 1.82) is 0 Å². The van der Waals surface area contributed by atoms with Crippen molar-refractivity contribution in [2.24, 2.45) is 11.8 Å². The van der Waals surface area contributed by atoms with Crippen molar-refractivity contribution < 1.29 is 14.7 Å². The van der Waals surface area contributed by atoms with E-state index in [1.807, 2.05) is 13.8 Å². The Labute approximate surface area is 133 Å². The number of pyridine rings is 1. The molecule has 116 valence electrons. The van der Waals surface area contributed by atoms with Gasteiger partial charge in [0.25, 0.3) is 5.91 Å². The number of aromatic nitrogens is 1. The summed E-state index contributed by atoms with van der Waals surface area (Å²) in [5, 5.41) is 12.0. The predicted molar refractivity (Wildman–Crippen MR) is 81.8 cm³/mol. The number of halogens is 2. The van der Waals surface area contributed by atoms with Crippen LogP contribution in [0.5, 0.6) is 0 Å². The number of nitrogens with zero attached hydrogens (tertiary/aromatic N) is 1. The maximum atomic E-state index is 12.1. The average molecular weight is 333 g/mol. The van der Waals surface area contributed by atoms with Gasteiger partial charge in [0.05, 0.1) is 10.6 Å². The molecule has 0 aromatic carbocycles. The molecule has 0 spiro atoms. The molecule has 0 saturated carbocycles. The number of rotatable bonds is 7. The summed E-state index contributed by atoms with van der Waals surface area (Å²) in [6.45, 7) is 4.30. The van der Waals surface area contributed by atoms with Crippen molar-refractivity contribution in [2.45, 2.75) is 26.7 Å². The highest BCUT2D eigenvalue weighted by atomic mass is 35.5. The molecule has 0 fully saturated rings. The summed E-state index contributed by atoms with van der Waals surface area (Å²) in [5.74, 6) is -1.03. The number of carbonyl (C=O) groups is 2. The van der Waals surface area contributed by atoms with Crippen molar-refractivity contribution in [1.82, 2.24) is 10.3 Å². The van der Waals surface area contributed by atoms with E-state index in [1.54, 1.807) is 0 Å². The van der Waals surface area contributed by atoms with Gasteiger partial charge in [-0.2, -0.15) is 0 Å². The molecule has 1 aromatic heterocycles. The quantitative estimate of drug-likeness (QED) is 0.751. The highest BCUT2D eigenvalue weighted by Crippen LogP contribution is 2.19. The first-order chi connectivity index (χ1) is 9.79. The van der Waals surface area contributed by atoms with Gasteiger partial charge in [-0.25, -0.2) is 4.98 Å². The van der Waals surface area contributed by atoms with Crippen molar-refractivity contribution in [3.8, 4) is 0 Å². The Morgan fingerprint density at radius 2 is 2.05 bits per heavy atom. The van der Waals surface area contributed by atoms with E-state index in [1.165, 1.54) is 12.3 Å². The van der Waals surface area contributed by atoms with Crippen molar-refractivity contribution in [3.63, 3.8) is 0 Å². The molecule has 21 heavy (non-hydrogen) atoms. The smallest absolute Gasteiger partial charge is 0.303 e. The summed E-state index contributed by atoms with van der Waals surface area (Å²) >= 11 is 11.6. The number of amides is 1. The van der Waals surface area contributed by atoms with Crippen LogP contribution in [-0.4, -0.2) is 28.5 Å². The molecule has 0 bridgehead atoms. The highest BCUT2D eigenvalue weighted by molar-refractivity contribution is 6.35. The molecule has 0 saturated heterocycles. The van der Waals surface area contributed by atoms with Gasteiger partial charge < -0.3 is 10.4 Å². The summed E-state index contributed by atoms with van der Waals surface area (Å²) in [7, 11) is 0. The lowest BCUT2D eigenvalue weighted by molar-refractivity contribution is -0.138. The lowest BCUT2D eigenvalue weighted by Crippen LogP contribution is -2.31. The maximum absolute atomic E-state index is 12.1. The van der Waals surface area contributed by atoms with Crippen LogP contribution in [0.2, 0.25) is 10.2 Å². The second-order valence-electron chi connectivity index (χ2n) is 5.29. The normalized spacial score (nSPS) is 12.2. The maximum Gasteiger partial charge on any atom is 0.303 e. The number of hydrogen-bond donors (Lipinski definition) is 2. The third-order valence-corrected chi connectivity index (χ3v) is 3.39. The molecule has 1 amide bonds. The predicted octanol–water partition coefficient (Wildman–Crippen LogP) is 3.26. The molecule has 0 aliphatic rings. The fourth-order valence-electron chi connectivity index (χ4n) is 2.07. The number of carboxylic acids is 1. The SMILES string of the molecule is CC(C)CC(CNC(=O)c1cc(Cl)ncc1Cl)CC(=O)O. The first-order valence-electron chi connectivity index (χ1n) is 6.60. The van der Waals surface area contributed by atoms with E-state index in [0.29, 0.717) is 5.92 Å². The van der Waals surface area contributed by atoms with E-state index in [-0.39, 0.29) is 40.5 Å². The van der Waals surface area contributed by atoms with Crippen LogP contribution in [0.1, 0.15) is 37.0 Å². The van der Waals surface area contributed by atoms with Crippen LogP contribution in [0.25, 0.3) is 0 Å². The Morgan fingerprint density at radius 1 is 1.38 bits per heavy atom. The monoisotopic (exact) mass is 332 g/mol. The van der Waals surface area contributed by atoms with E-state index in [0.717, 1.165) is 6.42 Å². The zero-order valence-electron chi connectivity index (χ0n) is 11.9. The van der Waals surface area contributed by atoms with Crippen molar-refractivity contribution in [3.05, 3.63) is 28.0 Å². The average Bonchev–Trinajstić information content (AvgIpc) is 2.37. The first kappa shape index (κ1) is 17.7. The van der Waals surface area contributed by atoms with Crippen molar-refractivity contribution in [2.75, 3.05) is 6.54 Å². The molecule has 0 aliphatic carbocycles. The van der Waals surface area contributed by atoms with Gasteiger partial charge in [0.2, 0.25) is 0 Å². The summed E-state index contributed by atoms with van der Waals surface area (Å²) in [6.07, 6.45) is 2.04. The van der Waals surface area contributed by atoms with Gasteiger partial charge in [-0.1, -0.05) is 37.0 Å². The molecule has 2 N–H and O–H groups in total. The van der Waals surface area contributed by atoms with Gasteiger partial charge in [0.15, 0.2) is 0 Å². The van der Waals surface area contributed by atoms with E-state index in [2.05, 4.69) is 10.3 Å². The van der Waals surface area contributed by atoms with E-state index in [9.17, 15) is 9.59 Å². The molecule has 1 atom stereocenters. The summed E-state index contributed by atoms with van der Waals surface area (Å²) in [5.41, 5.74) is 0.232. The molecule has 0 radical (unpaired) electrons. The molecule has 5 nitrogen and oxygen atoms in total. The third-order valence-electron chi connectivity index (χ3n) is 2.89. The van der Waals surface area contributed by atoms with E-state index in [4.69, 9.17) is 28.3 Å². The van der Waals surface area contributed by atoms with E-state index < -0.39 is 5.97 Å². The molecular weight excluding hydrogens is 315 g/mol. The number of carboxylic acid groups (broad SMARTS) is 1. The Balaban J connectivity index is 2.68. The minimum Gasteiger partial charge on any atom is -0.481 e. The fourth-order valence-corrected chi connectivity index (χ4v) is 2.42. The topological polar surface area (TPSA) is 79.3 Å². The van der Waals surface area contributed by atoms with Crippen LogP contribution < -0.4 is 5.32 Å². The van der Waals surface area contributed by atoms with Gasteiger partial charge in [-0.05, 0) is 24.3 Å². The molecule has 7 heteroatoms. The van der Waals surface area contributed by atoms with Crippen LogP contribution in [-0.2, 0) is 4.79 Å². The molecule has 1 unspecified atom stereocenters. The van der Waals surface area contributed by atoms with Gasteiger partial charge in [-0.15, -0.1) is 0 Å². The molecule has 1 aromatic rings. The third kappa shape index (κ3) is 6.31. The second kappa shape index (κ2) is 8.20. The van der Waals surface area contributed by atoms with Gasteiger partial charge >= 0.3 is 5.97 Å². The first-order valence-corrected chi connectivity index (χ1v) is 7.36. The Kier molecular flexibility index (Phi) is 6.92. The molecule has 1 heterocycles. The number of carbonyl (C=O) groups excluding carboxylic acids is 1. The largest absolute Gasteiger partial charge is 0.481 e. The molecule has 0 aliphatic heterocycles. The van der Waals surface area contributed by atoms with Crippen LogP contribution in [0.3, 0.4) is 0 Å². The summed E-state index contributed by atoms with van der Waals surface area (Å²) in [4.78, 5) is 26.7. The van der Waals surface area contributed by atoms with Gasteiger partial charge in [0.1, 0.15) is 5.15 Å². The molecule has 1 rings (SSSR count). The Hall–Kier alpha value is -1.33. The fraction of sp³-hybridized carbons (Fsp3) is 0.500. The number of nitrogens with one attached hydrogen (secondary N) is 1. The Morgan fingerprint density at radius 3 is 2.62 bits per heavy atom. The molecular formula is C14H18Cl2N2O3. The van der Waals surface area contributed by atoms with E-state index >= 15 is 0 Å². The van der Waals surface area contributed by atoms with Gasteiger partial charge in [-0.3, -0.25) is 9.59 Å². The lowest BCUT2D eigenvalue weighted by Gasteiger charge is -2.18. The van der Waals surface area contributed by atoms with Crippen LogP contribution in [0.4, 0.5) is 0 Å². The second-order valence-corrected chi connectivity index (χ2v) is 6.08. The zero-order valence-corrected chi connectivity index (χ0v) is 13.4.